The zero-order valence-electron chi connectivity index (χ0n) is 11.4. The lowest BCUT2D eigenvalue weighted by molar-refractivity contribution is -0.145. The van der Waals surface area contributed by atoms with Crippen LogP contribution in [0.2, 0.25) is 0 Å². The van der Waals surface area contributed by atoms with Crippen LogP contribution in [0, 0.1) is 0 Å². The van der Waals surface area contributed by atoms with Crippen LogP contribution in [0.3, 0.4) is 0 Å². The highest BCUT2D eigenvalue weighted by atomic mass is 16.5. The maximum absolute atomic E-state index is 10.7. The first kappa shape index (κ1) is 16.7. The van der Waals surface area contributed by atoms with Crippen LogP contribution in [0.25, 0.3) is 0 Å². The van der Waals surface area contributed by atoms with Gasteiger partial charge in [-0.25, -0.2) is 0 Å². The molecule has 0 aromatic rings. The molecule has 0 unspecified atom stereocenters. The molecule has 0 aliphatic carbocycles. The largest absolute Gasteiger partial charge is 0.481 e. The Labute approximate surface area is 109 Å². The highest BCUT2D eigenvalue weighted by Gasteiger charge is 2.04. The third-order valence-electron chi connectivity index (χ3n) is 2.56. The number of unbranched alkanes of at least 4 members (excludes halogenated alkanes) is 4. The van der Waals surface area contributed by atoms with Crippen molar-refractivity contribution in [3.05, 3.63) is 12.2 Å². The lowest BCUT2D eigenvalue weighted by Gasteiger charge is -2.10. The van der Waals surface area contributed by atoms with Crippen LogP contribution in [0.15, 0.2) is 12.2 Å². The van der Waals surface area contributed by atoms with Crippen molar-refractivity contribution in [1.29, 1.82) is 0 Å². The van der Waals surface area contributed by atoms with Gasteiger partial charge in [0.05, 0.1) is 12.5 Å². The first-order valence-electron chi connectivity index (χ1n) is 6.56. The topological polar surface area (TPSA) is 63.6 Å². The summed E-state index contributed by atoms with van der Waals surface area (Å²) in [5, 5.41) is 8.41. The molecule has 0 amide bonds. The Balaban J connectivity index is 3.28. The predicted octanol–water partition coefficient (Wildman–Crippen LogP) is 3.31. The van der Waals surface area contributed by atoms with Crippen molar-refractivity contribution in [3.63, 3.8) is 0 Å². The number of carbonyl (C=O) groups is 2. The van der Waals surface area contributed by atoms with Gasteiger partial charge in [-0.15, -0.1) is 0 Å². The molecule has 4 heteroatoms. The summed E-state index contributed by atoms with van der Waals surface area (Å²) in [5.41, 5.74) is 0. The molecule has 0 spiro atoms. The van der Waals surface area contributed by atoms with Crippen LogP contribution in [-0.2, 0) is 14.3 Å². The fraction of sp³-hybridized carbons (Fsp3) is 0.714. The fourth-order valence-corrected chi connectivity index (χ4v) is 1.69. The lowest BCUT2D eigenvalue weighted by Crippen LogP contribution is -2.11. The van der Waals surface area contributed by atoms with E-state index in [9.17, 15) is 9.59 Å². The Morgan fingerprint density at radius 3 is 2.44 bits per heavy atom. The number of carbonyl (C=O) groups excluding carboxylic acids is 1. The Bertz CT molecular complexity index is 271. The number of allylic oxidation sites excluding steroid dienone is 1. The van der Waals surface area contributed by atoms with Crippen molar-refractivity contribution >= 4 is 11.9 Å². The second kappa shape index (κ2) is 10.8. The Hall–Kier alpha value is -1.32. The van der Waals surface area contributed by atoms with E-state index < -0.39 is 5.97 Å². The molecule has 18 heavy (non-hydrogen) atoms. The van der Waals surface area contributed by atoms with E-state index in [2.05, 4.69) is 0 Å². The van der Waals surface area contributed by atoms with Crippen molar-refractivity contribution in [3.8, 4) is 0 Å². The number of aliphatic carboxylic acids is 1. The molecule has 1 atom stereocenters. The van der Waals surface area contributed by atoms with E-state index in [4.69, 9.17) is 9.84 Å². The quantitative estimate of drug-likeness (QED) is 0.370. The summed E-state index contributed by atoms with van der Waals surface area (Å²) in [6.45, 7) is 3.34. The second-order valence-corrected chi connectivity index (χ2v) is 4.48. The van der Waals surface area contributed by atoms with Crippen LogP contribution >= 0.6 is 0 Å². The molecule has 0 saturated heterocycles. The van der Waals surface area contributed by atoms with E-state index in [0.717, 1.165) is 38.5 Å². The molecular formula is C14H24O4. The van der Waals surface area contributed by atoms with E-state index in [1.807, 2.05) is 13.0 Å². The minimum absolute atomic E-state index is 0.0120. The molecule has 1 N–H and O–H groups in total. The number of ether oxygens (including phenoxy) is 1. The molecule has 0 bridgehead atoms. The minimum Gasteiger partial charge on any atom is -0.481 e. The molecule has 0 saturated carbocycles. The van der Waals surface area contributed by atoms with Gasteiger partial charge in [0.15, 0.2) is 0 Å². The monoisotopic (exact) mass is 256 g/mol. The number of hydrogen-bond acceptors (Lipinski definition) is 3. The van der Waals surface area contributed by atoms with Gasteiger partial charge in [0.25, 0.3) is 0 Å². The van der Waals surface area contributed by atoms with Gasteiger partial charge in [-0.05, 0) is 32.6 Å². The third-order valence-corrected chi connectivity index (χ3v) is 2.56. The number of hydrogen-bond donors (Lipinski definition) is 1. The molecule has 0 fully saturated rings. The van der Waals surface area contributed by atoms with Crippen molar-refractivity contribution in [2.45, 2.75) is 64.9 Å². The van der Waals surface area contributed by atoms with Crippen LogP contribution in [0.1, 0.15) is 58.8 Å². The molecule has 0 heterocycles. The van der Waals surface area contributed by atoms with Gasteiger partial charge in [-0.2, -0.15) is 0 Å². The minimum atomic E-state index is -0.786. The van der Waals surface area contributed by atoms with Gasteiger partial charge in [0.2, 0.25) is 0 Å². The van der Waals surface area contributed by atoms with Crippen LogP contribution < -0.4 is 0 Å². The first-order chi connectivity index (χ1) is 8.52. The van der Waals surface area contributed by atoms with Gasteiger partial charge in [0, 0.05) is 6.92 Å². The maximum atomic E-state index is 10.7. The van der Waals surface area contributed by atoms with Crippen LogP contribution in [0.5, 0.6) is 0 Å². The zero-order valence-corrected chi connectivity index (χ0v) is 11.4. The second-order valence-electron chi connectivity index (χ2n) is 4.48. The Morgan fingerprint density at radius 2 is 1.83 bits per heavy atom. The SMILES string of the molecule is CC(=O)O[C@H](C)CCCCCC/C=C\CC(=O)O. The standard InChI is InChI=1S/C14H24O4/c1-12(18-13(2)15)10-8-6-4-3-5-7-9-11-14(16)17/h7,9,12H,3-6,8,10-11H2,1-2H3,(H,16,17)/b9-7-/t12-/m1/s1. The number of esters is 1. The first-order valence-corrected chi connectivity index (χ1v) is 6.56. The molecular weight excluding hydrogens is 232 g/mol. The average molecular weight is 256 g/mol. The zero-order chi connectivity index (χ0) is 13.8. The van der Waals surface area contributed by atoms with E-state index in [1.54, 1.807) is 6.08 Å². The van der Waals surface area contributed by atoms with Crippen molar-refractivity contribution < 1.29 is 19.4 Å². The summed E-state index contributed by atoms with van der Waals surface area (Å²) in [4.78, 5) is 20.9. The molecule has 0 aliphatic heterocycles. The molecule has 0 aliphatic rings. The van der Waals surface area contributed by atoms with E-state index in [1.165, 1.54) is 6.92 Å². The highest BCUT2D eigenvalue weighted by Crippen LogP contribution is 2.09. The van der Waals surface area contributed by atoms with Gasteiger partial charge in [-0.1, -0.05) is 25.0 Å². The van der Waals surface area contributed by atoms with Crippen LogP contribution in [-0.4, -0.2) is 23.1 Å². The van der Waals surface area contributed by atoms with E-state index in [-0.39, 0.29) is 18.5 Å². The summed E-state index contributed by atoms with van der Waals surface area (Å²) >= 11 is 0. The predicted molar refractivity (Wildman–Crippen MR) is 70.3 cm³/mol. The molecule has 4 nitrogen and oxygen atoms in total. The van der Waals surface area contributed by atoms with Crippen molar-refractivity contribution in [2.24, 2.45) is 0 Å². The molecule has 0 rings (SSSR count). The lowest BCUT2D eigenvalue weighted by atomic mass is 10.1. The van der Waals surface area contributed by atoms with Crippen LogP contribution in [0.4, 0.5) is 0 Å². The fourth-order valence-electron chi connectivity index (χ4n) is 1.69. The summed E-state index contributed by atoms with van der Waals surface area (Å²) in [7, 11) is 0. The third kappa shape index (κ3) is 12.7. The van der Waals surface area contributed by atoms with Gasteiger partial charge >= 0.3 is 11.9 Å². The van der Waals surface area contributed by atoms with Gasteiger partial charge < -0.3 is 9.84 Å². The summed E-state index contributed by atoms with van der Waals surface area (Å²) in [5.74, 6) is -1.00. The maximum Gasteiger partial charge on any atom is 0.307 e. The highest BCUT2D eigenvalue weighted by molar-refractivity contribution is 5.68. The van der Waals surface area contributed by atoms with Gasteiger partial charge in [0.1, 0.15) is 0 Å². The van der Waals surface area contributed by atoms with Gasteiger partial charge in [-0.3, -0.25) is 9.59 Å². The number of rotatable bonds is 10. The summed E-state index contributed by atoms with van der Waals surface area (Å²) in [6, 6.07) is 0. The Morgan fingerprint density at radius 1 is 1.17 bits per heavy atom. The van der Waals surface area contributed by atoms with E-state index >= 15 is 0 Å². The number of carboxylic acid groups (broad SMARTS) is 1. The molecule has 0 aromatic carbocycles. The molecule has 104 valence electrons. The number of carboxylic acids is 1. The molecule has 0 aromatic heterocycles. The normalized spacial score (nSPS) is 12.6. The smallest absolute Gasteiger partial charge is 0.307 e. The summed E-state index contributed by atoms with van der Waals surface area (Å²) in [6.07, 6.45) is 9.99. The van der Waals surface area contributed by atoms with Crippen molar-refractivity contribution in [1.82, 2.24) is 0 Å². The molecule has 0 radical (unpaired) electrons. The van der Waals surface area contributed by atoms with E-state index in [0.29, 0.717) is 0 Å². The van der Waals surface area contributed by atoms with Crippen molar-refractivity contribution in [2.75, 3.05) is 0 Å². The average Bonchev–Trinajstić information content (AvgIpc) is 2.25. The Kier molecular flexibility index (Phi) is 10.0. The summed E-state index contributed by atoms with van der Waals surface area (Å²) < 4.78 is 5.03.